The lowest BCUT2D eigenvalue weighted by Gasteiger charge is -2.53. The smallest absolute Gasteiger partial charge is 0.303 e. The minimum absolute atomic E-state index is 0.0500. The van der Waals surface area contributed by atoms with E-state index in [-0.39, 0.29) is 36.8 Å². The van der Waals surface area contributed by atoms with E-state index in [0.29, 0.717) is 23.7 Å². The maximum Gasteiger partial charge on any atom is 0.303 e. The number of carboxylic acid groups (broad SMARTS) is 1. The van der Waals surface area contributed by atoms with Crippen molar-refractivity contribution in [3.8, 4) is 11.5 Å². The van der Waals surface area contributed by atoms with Gasteiger partial charge in [0.1, 0.15) is 0 Å². The van der Waals surface area contributed by atoms with Gasteiger partial charge < -0.3 is 14.6 Å². The summed E-state index contributed by atoms with van der Waals surface area (Å²) in [5, 5.41) is 9.25. The maximum atomic E-state index is 12.9. The van der Waals surface area contributed by atoms with Gasteiger partial charge in [-0.3, -0.25) is 9.59 Å². The number of hydrogen-bond donors (Lipinski definition) is 1. The zero-order valence-electron chi connectivity index (χ0n) is 14.7. The predicted molar refractivity (Wildman–Crippen MR) is 96.0 cm³/mol. The van der Waals surface area contributed by atoms with Crippen molar-refractivity contribution in [1.29, 1.82) is 0 Å². The summed E-state index contributed by atoms with van der Waals surface area (Å²) < 4.78 is 10.9. The lowest BCUT2D eigenvalue weighted by Crippen LogP contribution is -2.50. The van der Waals surface area contributed by atoms with Crippen molar-refractivity contribution in [3.05, 3.63) is 42.0 Å². The van der Waals surface area contributed by atoms with Gasteiger partial charge in [0.05, 0.1) is 0 Å². The van der Waals surface area contributed by atoms with Crippen LogP contribution in [0.4, 0.5) is 0 Å². The van der Waals surface area contributed by atoms with Crippen molar-refractivity contribution < 1.29 is 24.2 Å². The maximum absolute atomic E-state index is 12.9. The summed E-state index contributed by atoms with van der Waals surface area (Å²) in [6, 6.07) is 5.89. The van der Waals surface area contributed by atoms with E-state index in [2.05, 4.69) is 12.2 Å². The Labute approximate surface area is 156 Å². The first-order chi connectivity index (χ1) is 13.1. The Morgan fingerprint density at radius 1 is 1.15 bits per heavy atom. The van der Waals surface area contributed by atoms with E-state index < -0.39 is 5.97 Å². The van der Waals surface area contributed by atoms with Crippen molar-refractivity contribution in [2.45, 2.75) is 12.8 Å². The van der Waals surface area contributed by atoms with Crippen molar-refractivity contribution in [3.63, 3.8) is 0 Å². The molecule has 0 spiro atoms. The Bertz CT molecular complexity index is 929. The number of ketones is 1. The number of ether oxygens (including phenoxy) is 2. The zero-order chi connectivity index (χ0) is 18.3. The Hall–Kier alpha value is -2.56. The van der Waals surface area contributed by atoms with Gasteiger partial charge in [0.2, 0.25) is 6.79 Å². The van der Waals surface area contributed by atoms with Gasteiger partial charge in [0.25, 0.3) is 0 Å². The van der Waals surface area contributed by atoms with Gasteiger partial charge in [-0.1, -0.05) is 18.2 Å². The normalized spacial score (nSPS) is 39.6. The van der Waals surface area contributed by atoms with Crippen LogP contribution < -0.4 is 9.47 Å². The van der Waals surface area contributed by atoms with E-state index in [0.717, 1.165) is 29.1 Å². The lowest BCUT2D eigenvalue weighted by atomic mass is 9.50. The van der Waals surface area contributed by atoms with Crippen LogP contribution in [0.15, 0.2) is 36.4 Å². The molecule has 1 heterocycles. The molecule has 0 bridgehead atoms. The first kappa shape index (κ1) is 15.5. The molecule has 7 atom stereocenters. The summed E-state index contributed by atoms with van der Waals surface area (Å²) in [6.07, 6.45) is 7.36. The molecule has 2 saturated carbocycles. The molecule has 1 N–H and O–H groups in total. The van der Waals surface area contributed by atoms with Gasteiger partial charge in [0.15, 0.2) is 17.3 Å². The molecule has 4 aliphatic carbocycles. The van der Waals surface area contributed by atoms with Crippen molar-refractivity contribution in [2.24, 2.45) is 41.4 Å². The molecule has 7 unspecified atom stereocenters. The number of hydrogen-bond acceptors (Lipinski definition) is 4. The molecule has 138 valence electrons. The topological polar surface area (TPSA) is 72.8 Å². The van der Waals surface area contributed by atoms with Crippen LogP contribution in [-0.2, 0) is 9.59 Å². The van der Waals surface area contributed by atoms with Crippen LogP contribution in [0.25, 0.3) is 5.57 Å². The van der Waals surface area contributed by atoms with Crippen molar-refractivity contribution >= 4 is 17.3 Å². The molecule has 1 aromatic carbocycles. The van der Waals surface area contributed by atoms with Crippen LogP contribution in [0.5, 0.6) is 11.5 Å². The third kappa shape index (κ3) is 2.00. The van der Waals surface area contributed by atoms with Crippen molar-refractivity contribution in [1.82, 2.24) is 0 Å². The quantitative estimate of drug-likeness (QED) is 0.834. The number of carbonyl (C=O) groups excluding carboxylic acids is 1. The van der Waals surface area contributed by atoms with Gasteiger partial charge in [-0.2, -0.15) is 0 Å². The number of aliphatic carboxylic acids is 1. The molecule has 1 aliphatic heterocycles. The highest BCUT2D eigenvalue weighted by Crippen LogP contribution is 2.67. The lowest BCUT2D eigenvalue weighted by molar-refractivity contribution is -0.142. The molecule has 2 fully saturated rings. The third-order valence-electron chi connectivity index (χ3n) is 7.51. The minimum atomic E-state index is -0.727. The molecule has 5 heteroatoms. The molecule has 0 saturated heterocycles. The standard InChI is InChI=1S/C22H20O5/c23-17-7-13(10-1-4-18-19(5-10)27-9-26-18)11-2-3-12-14(8-20(24)25)15-6-16(17)22(11)21(12)15/h1-5,7,11-12,14-16,21-22H,6,8-9H2,(H,24,25). The van der Waals surface area contributed by atoms with Crippen LogP contribution in [0.3, 0.4) is 0 Å². The van der Waals surface area contributed by atoms with Crippen LogP contribution in [0.1, 0.15) is 18.4 Å². The van der Waals surface area contributed by atoms with E-state index >= 15 is 0 Å². The fraction of sp³-hybridized carbons (Fsp3) is 0.455. The highest BCUT2D eigenvalue weighted by molar-refractivity contribution is 6.01. The Morgan fingerprint density at radius 2 is 2.00 bits per heavy atom. The second kappa shape index (κ2) is 5.24. The molecule has 0 aromatic heterocycles. The average molecular weight is 364 g/mol. The summed E-state index contributed by atoms with van der Waals surface area (Å²) in [7, 11) is 0. The van der Waals surface area contributed by atoms with Gasteiger partial charge in [-0.15, -0.1) is 0 Å². The van der Waals surface area contributed by atoms with E-state index in [9.17, 15) is 14.7 Å². The number of carbonyl (C=O) groups is 2. The monoisotopic (exact) mass is 364 g/mol. The summed E-state index contributed by atoms with van der Waals surface area (Å²) in [5.41, 5.74) is 2.08. The Morgan fingerprint density at radius 3 is 2.85 bits per heavy atom. The minimum Gasteiger partial charge on any atom is -0.481 e. The molecule has 5 aliphatic rings. The summed E-state index contributed by atoms with van der Waals surface area (Å²) in [6.45, 7) is 0.237. The average Bonchev–Trinajstić information content (AvgIpc) is 3.26. The number of fused-ring (bicyclic) bond motifs is 1. The highest BCUT2D eigenvalue weighted by Gasteiger charge is 2.64. The van der Waals surface area contributed by atoms with Crippen LogP contribution in [0.2, 0.25) is 0 Å². The number of rotatable bonds is 3. The number of allylic oxidation sites excluding steroid dienone is 4. The summed E-state index contributed by atoms with van der Waals surface area (Å²) >= 11 is 0. The van der Waals surface area contributed by atoms with Gasteiger partial charge >= 0.3 is 5.97 Å². The van der Waals surface area contributed by atoms with E-state index in [1.807, 2.05) is 24.3 Å². The Kier molecular flexibility index (Phi) is 3.01. The molecule has 5 nitrogen and oxygen atoms in total. The van der Waals surface area contributed by atoms with Crippen LogP contribution in [-0.4, -0.2) is 23.7 Å². The zero-order valence-corrected chi connectivity index (χ0v) is 14.7. The number of benzene rings is 1. The Balaban J connectivity index is 1.39. The fourth-order valence-electron chi connectivity index (χ4n) is 6.54. The first-order valence-electron chi connectivity index (χ1n) is 9.67. The van der Waals surface area contributed by atoms with E-state index in [4.69, 9.17) is 9.47 Å². The molecular formula is C22H20O5. The van der Waals surface area contributed by atoms with Gasteiger partial charge in [0, 0.05) is 18.3 Å². The van der Waals surface area contributed by atoms with Gasteiger partial charge in [-0.05, 0) is 65.4 Å². The first-order valence-corrected chi connectivity index (χ1v) is 9.67. The largest absolute Gasteiger partial charge is 0.481 e. The van der Waals surface area contributed by atoms with Crippen LogP contribution in [0, 0.1) is 41.4 Å². The predicted octanol–water partition coefficient (Wildman–Crippen LogP) is 3.16. The molecular weight excluding hydrogens is 344 g/mol. The SMILES string of the molecule is O=C(O)CC1C2C=CC3C(c4ccc5c(c4)OCO5)=CC(=O)C4CC1C2C34. The van der Waals surface area contributed by atoms with E-state index in [1.165, 1.54) is 0 Å². The molecule has 6 rings (SSSR count). The molecule has 0 amide bonds. The van der Waals surface area contributed by atoms with E-state index in [1.54, 1.807) is 0 Å². The molecule has 1 aromatic rings. The van der Waals surface area contributed by atoms with Crippen LogP contribution >= 0.6 is 0 Å². The second-order valence-electron chi connectivity index (χ2n) is 8.48. The summed E-state index contributed by atoms with van der Waals surface area (Å²) in [4.78, 5) is 24.2. The second-order valence-corrected chi connectivity index (χ2v) is 8.48. The van der Waals surface area contributed by atoms with Gasteiger partial charge in [-0.25, -0.2) is 0 Å². The highest BCUT2D eigenvalue weighted by atomic mass is 16.7. The molecule has 27 heavy (non-hydrogen) atoms. The molecule has 0 radical (unpaired) electrons. The fourth-order valence-corrected chi connectivity index (χ4v) is 6.54. The van der Waals surface area contributed by atoms with Crippen molar-refractivity contribution in [2.75, 3.05) is 6.79 Å². The number of carboxylic acids is 1. The summed E-state index contributed by atoms with van der Waals surface area (Å²) in [5.74, 6) is 2.89. The third-order valence-corrected chi connectivity index (χ3v) is 7.51.